The molecule has 0 aliphatic heterocycles. The third kappa shape index (κ3) is 4.46. The van der Waals surface area contributed by atoms with E-state index in [4.69, 9.17) is 0 Å². The maximum atomic E-state index is 10.3. The minimum absolute atomic E-state index is 0.197. The molecule has 128 valence electrons. The van der Waals surface area contributed by atoms with Gasteiger partial charge in [0.05, 0.1) is 6.10 Å². The van der Waals surface area contributed by atoms with Crippen LogP contribution < -0.4 is 5.32 Å². The van der Waals surface area contributed by atoms with Crippen LogP contribution in [0.1, 0.15) is 32.3 Å². The van der Waals surface area contributed by atoms with E-state index in [2.05, 4.69) is 67.7 Å². The molecular formula is C22H29NO. The average molecular weight is 323 g/mol. The lowest BCUT2D eigenvalue weighted by Crippen LogP contribution is -2.37. The Hall–Kier alpha value is -1.64. The van der Waals surface area contributed by atoms with Gasteiger partial charge < -0.3 is 10.4 Å². The standard InChI is InChI=1S/C22H29NO/c1-16(2)15-23-21-13-18(14-22(21)24)12-17-8-10-20(11-9-17)19-6-4-3-5-7-19/h3-11,16,18,21-24H,12-15H2,1-2H3/t18-,21+,22+/m0/s1. The highest BCUT2D eigenvalue weighted by atomic mass is 16.3. The second-order valence-electron chi connectivity index (χ2n) is 7.58. The van der Waals surface area contributed by atoms with Gasteiger partial charge in [-0.1, -0.05) is 68.4 Å². The minimum Gasteiger partial charge on any atom is -0.391 e. The smallest absolute Gasteiger partial charge is 0.0696 e. The molecule has 0 heterocycles. The first kappa shape index (κ1) is 17.2. The van der Waals surface area contributed by atoms with Crippen LogP contribution in [-0.4, -0.2) is 23.8 Å². The zero-order chi connectivity index (χ0) is 16.9. The van der Waals surface area contributed by atoms with Crippen LogP contribution in [0.4, 0.5) is 0 Å². The molecule has 0 aromatic heterocycles. The van der Waals surface area contributed by atoms with Crippen LogP contribution in [0.3, 0.4) is 0 Å². The van der Waals surface area contributed by atoms with Gasteiger partial charge in [-0.2, -0.15) is 0 Å². The molecule has 0 radical (unpaired) electrons. The lowest BCUT2D eigenvalue weighted by Gasteiger charge is -2.17. The van der Waals surface area contributed by atoms with E-state index in [-0.39, 0.29) is 12.1 Å². The van der Waals surface area contributed by atoms with E-state index < -0.39 is 0 Å². The van der Waals surface area contributed by atoms with Gasteiger partial charge in [-0.25, -0.2) is 0 Å². The van der Waals surface area contributed by atoms with Crippen LogP contribution in [0, 0.1) is 11.8 Å². The molecule has 1 aliphatic carbocycles. The Morgan fingerprint density at radius 2 is 1.62 bits per heavy atom. The second-order valence-corrected chi connectivity index (χ2v) is 7.58. The zero-order valence-electron chi connectivity index (χ0n) is 14.8. The van der Waals surface area contributed by atoms with Crippen LogP contribution in [-0.2, 0) is 6.42 Å². The summed E-state index contributed by atoms with van der Waals surface area (Å²) in [5, 5.41) is 13.8. The van der Waals surface area contributed by atoms with E-state index in [0.29, 0.717) is 11.8 Å². The Balaban J connectivity index is 1.57. The van der Waals surface area contributed by atoms with Crippen LogP contribution in [0.15, 0.2) is 54.6 Å². The van der Waals surface area contributed by atoms with Gasteiger partial charge in [0.2, 0.25) is 0 Å². The highest BCUT2D eigenvalue weighted by Gasteiger charge is 2.32. The Morgan fingerprint density at radius 1 is 0.958 bits per heavy atom. The van der Waals surface area contributed by atoms with Crippen LogP contribution >= 0.6 is 0 Å². The van der Waals surface area contributed by atoms with Crippen molar-refractivity contribution in [2.24, 2.45) is 11.8 Å². The quantitative estimate of drug-likeness (QED) is 0.831. The molecule has 24 heavy (non-hydrogen) atoms. The third-order valence-corrected chi connectivity index (χ3v) is 5.00. The molecule has 0 bridgehead atoms. The van der Waals surface area contributed by atoms with E-state index in [1.54, 1.807) is 0 Å². The van der Waals surface area contributed by atoms with Gasteiger partial charge in [-0.15, -0.1) is 0 Å². The van der Waals surface area contributed by atoms with E-state index >= 15 is 0 Å². The molecule has 0 amide bonds. The Labute approximate surface area is 145 Å². The number of aliphatic hydroxyl groups excluding tert-OH is 1. The van der Waals surface area contributed by atoms with Crippen LogP contribution in [0.25, 0.3) is 11.1 Å². The SMILES string of the molecule is CC(C)CN[C@@H]1C[C@H](Cc2ccc(-c3ccccc3)cc2)C[C@H]1O. The van der Waals surface area contributed by atoms with Crippen LogP contribution in [0.2, 0.25) is 0 Å². The molecule has 2 aromatic carbocycles. The topological polar surface area (TPSA) is 32.3 Å². The average Bonchev–Trinajstić information content (AvgIpc) is 2.94. The predicted molar refractivity (Wildman–Crippen MR) is 101 cm³/mol. The van der Waals surface area contributed by atoms with Gasteiger partial charge in [-0.3, -0.25) is 0 Å². The van der Waals surface area contributed by atoms with Gasteiger partial charge in [-0.05, 0) is 54.3 Å². The fourth-order valence-electron chi connectivity index (χ4n) is 3.69. The Bertz CT molecular complexity index is 620. The summed E-state index contributed by atoms with van der Waals surface area (Å²) in [6.07, 6.45) is 2.86. The molecule has 2 heteroatoms. The fraction of sp³-hybridized carbons (Fsp3) is 0.455. The number of aliphatic hydroxyl groups is 1. The zero-order valence-corrected chi connectivity index (χ0v) is 14.8. The van der Waals surface area contributed by atoms with Crippen molar-refractivity contribution in [1.29, 1.82) is 0 Å². The van der Waals surface area contributed by atoms with E-state index in [0.717, 1.165) is 25.8 Å². The monoisotopic (exact) mass is 323 g/mol. The predicted octanol–water partition coefficient (Wildman–Crippen LogP) is 4.28. The molecule has 2 nitrogen and oxygen atoms in total. The molecule has 0 saturated heterocycles. The number of hydrogen-bond donors (Lipinski definition) is 2. The molecule has 3 atom stereocenters. The van der Waals surface area contributed by atoms with Crippen molar-refractivity contribution in [3.63, 3.8) is 0 Å². The molecule has 2 N–H and O–H groups in total. The van der Waals surface area contributed by atoms with Crippen molar-refractivity contribution in [2.45, 2.75) is 45.3 Å². The van der Waals surface area contributed by atoms with Crippen LogP contribution in [0.5, 0.6) is 0 Å². The molecule has 0 spiro atoms. The Morgan fingerprint density at radius 3 is 2.29 bits per heavy atom. The van der Waals surface area contributed by atoms with Crippen molar-refractivity contribution in [2.75, 3.05) is 6.54 Å². The lowest BCUT2D eigenvalue weighted by atomic mass is 9.96. The summed E-state index contributed by atoms with van der Waals surface area (Å²) >= 11 is 0. The maximum absolute atomic E-state index is 10.3. The second kappa shape index (κ2) is 7.96. The minimum atomic E-state index is -0.197. The van der Waals surface area contributed by atoms with Crippen molar-refractivity contribution >= 4 is 0 Å². The molecule has 1 fully saturated rings. The lowest BCUT2D eigenvalue weighted by molar-refractivity contribution is 0.145. The number of benzene rings is 2. The largest absolute Gasteiger partial charge is 0.391 e. The van der Waals surface area contributed by atoms with Gasteiger partial charge in [0.15, 0.2) is 0 Å². The van der Waals surface area contributed by atoms with Crippen molar-refractivity contribution in [1.82, 2.24) is 5.32 Å². The molecule has 1 saturated carbocycles. The number of rotatable bonds is 6. The molecular weight excluding hydrogens is 294 g/mol. The van der Waals surface area contributed by atoms with Crippen molar-refractivity contribution in [3.05, 3.63) is 60.2 Å². The molecule has 1 aliphatic rings. The number of hydrogen-bond acceptors (Lipinski definition) is 2. The highest BCUT2D eigenvalue weighted by molar-refractivity contribution is 5.63. The first-order valence-electron chi connectivity index (χ1n) is 9.17. The molecule has 3 rings (SSSR count). The van der Waals surface area contributed by atoms with E-state index in [1.165, 1.54) is 16.7 Å². The van der Waals surface area contributed by atoms with Gasteiger partial charge in [0.25, 0.3) is 0 Å². The van der Waals surface area contributed by atoms with Gasteiger partial charge in [0.1, 0.15) is 0 Å². The first-order valence-corrected chi connectivity index (χ1v) is 9.17. The van der Waals surface area contributed by atoms with E-state index in [1.807, 2.05) is 6.07 Å². The molecule has 0 unspecified atom stereocenters. The first-order chi connectivity index (χ1) is 11.6. The maximum Gasteiger partial charge on any atom is 0.0696 e. The van der Waals surface area contributed by atoms with Crippen molar-refractivity contribution < 1.29 is 5.11 Å². The number of nitrogens with one attached hydrogen (secondary N) is 1. The third-order valence-electron chi connectivity index (χ3n) is 5.00. The van der Waals surface area contributed by atoms with Crippen molar-refractivity contribution in [3.8, 4) is 11.1 Å². The Kier molecular flexibility index (Phi) is 5.70. The van der Waals surface area contributed by atoms with Gasteiger partial charge in [0, 0.05) is 6.04 Å². The normalized spacial score (nSPS) is 23.8. The summed E-state index contributed by atoms with van der Waals surface area (Å²) in [6.45, 7) is 5.40. The summed E-state index contributed by atoms with van der Waals surface area (Å²) < 4.78 is 0. The summed E-state index contributed by atoms with van der Waals surface area (Å²) in [6, 6.07) is 19.7. The fourth-order valence-corrected chi connectivity index (χ4v) is 3.69. The summed E-state index contributed by atoms with van der Waals surface area (Å²) in [4.78, 5) is 0. The summed E-state index contributed by atoms with van der Waals surface area (Å²) in [5.41, 5.74) is 3.90. The summed E-state index contributed by atoms with van der Waals surface area (Å²) in [5.74, 6) is 1.20. The highest BCUT2D eigenvalue weighted by Crippen LogP contribution is 2.30. The van der Waals surface area contributed by atoms with E-state index in [9.17, 15) is 5.11 Å². The molecule has 2 aromatic rings. The van der Waals surface area contributed by atoms with Gasteiger partial charge >= 0.3 is 0 Å². The summed E-state index contributed by atoms with van der Waals surface area (Å²) in [7, 11) is 0.